The van der Waals surface area contributed by atoms with E-state index < -0.39 is 12.1 Å². The Hall–Kier alpha value is -4.97. The molecule has 270 valence electrons. The van der Waals surface area contributed by atoms with Crippen LogP contribution in [0.5, 0.6) is 0 Å². The molecule has 2 saturated heterocycles. The Morgan fingerprint density at radius 2 is 1.29 bits per heavy atom. The third-order valence-electron chi connectivity index (χ3n) is 10.3. The molecule has 2 aliphatic heterocycles. The lowest BCUT2D eigenvalue weighted by atomic mass is 10.0. The topological polar surface area (TPSA) is 148 Å². The molecule has 51 heavy (non-hydrogen) atoms. The van der Waals surface area contributed by atoms with E-state index in [4.69, 9.17) is 4.74 Å². The van der Waals surface area contributed by atoms with Gasteiger partial charge in [-0.2, -0.15) is 0 Å². The first kappa shape index (κ1) is 35.8. The maximum atomic E-state index is 13.5. The molecule has 0 saturated carbocycles. The number of nitrogens with zero attached hydrogens (tertiary/aromatic N) is 4. The average molecular weight is 695 g/mol. The van der Waals surface area contributed by atoms with Crippen LogP contribution in [0.2, 0.25) is 0 Å². The minimum absolute atomic E-state index is 0.0270. The molecule has 2 aromatic heterocycles. The third-order valence-corrected chi connectivity index (χ3v) is 10.3. The molecule has 0 spiro atoms. The summed E-state index contributed by atoms with van der Waals surface area (Å²) < 4.78 is 4.75. The number of methoxy groups -OCH3 is 1. The van der Waals surface area contributed by atoms with Gasteiger partial charge < -0.3 is 35.1 Å². The van der Waals surface area contributed by atoms with Gasteiger partial charge in [0, 0.05) is 19.1 Å². The van der Waals surface area contributed by atoms with E-state index in [9.17, 15) is 14.4 Å². The van der Waals surface area contributed by atoms with Crippen LogP contribution in [0.1, 0.15) is 83.5 Å². The highest BCUT2D eigenvalue weighted by molar-refractivity contribution is 5.86. The first-order valence-corrected chi connectivity index (χ1v) is 18.2. The van der Waals surface area contributed by atoms with E-state index >= 15 is 0 Å². The number of likely N-dealkylation sites (tertiary alicyclic amines) is 2. The maximum Gasteiger partial charge on any atom is 0.407 e. The number of rotatable bonds is 12. The molecule has 4 N–H and O–H groups in total. The fraction of sp³-hybridized carbons (Fsp3) is 0.462. The van der Waals surface area contributed by atoms with Crippen molar-refractivity contribution in [1.29, 1.82) is 0 Å². The van der Waals surface area contributed by atoms with Gasteiger partial charge in [-0.1, -0.05) is 69.3 Å². The second-order valence-electron chi connectivity index (χ2n) is 14.0. The van der Waals surface area contributed by atoms with Crippen molar-refractivity contribution in [2.75, 3.05) is 26.7 Å². The molecule has 2 unspecified atom stereocenters. The van der Waals surface area contributed by atoms with Gasteiger partial charge in [-0.3, -0.25) is 9.59 Å². The molecular formula is C39H50N8O4. The van der Waals surface area contributed by atoms with E-state index in [0.29, 0.717) is 19.1 Å². The SMILES string of the molecule is CCC(C)NCC(=O)N1CCC[C@H]1c1ncc(-c2ccc(-c3ccc(-c4cnc([C@@H]5CCCN5C(=O)C(NC(=O)OC)C(C)C)[nH]4)cc3)cc2)[nH]1. The van der Waals surface area contributed by atoms with E-state index in [1.54, 1.807) is 0 Å². The lowest BCUT2D eigenvalue weighted by molar-refractivity contribution is -0.135. The molecule has 0 radical (unpaired) electrons. The predicted molar refractivity (Wildman–Crippen MR) is 196 cm³/mol. The van der Waals surface area contributed by atoms with Crippen LogP contribution in [0.4, 0.5) is 4.79 Å². The summed E-state index contributed by atoms with van der Waals surface area (Å²) in [4.78, 5) is 58.4. The Balaban J connectivity index is 1.09. The number of alkyl carbamates (subject to hydrolysis) is 1. The Bertz CT molecular complexity index is 1800. The van der Waals surface area contributed by atoms with Crippen molar-refractivity contribution in [2.45, 2.75) is 84.0 Å². The Morgan fingerprint density at radius 1 is 0.804 bits per heavy atom. The number of carbonyl (C=O) groups is 3. The minimum Gasteiger partial charge on any atom is -0.453 e. The quantitative estimate of drug-likeness (QED) is 0.137. The number of H-pyrrole nitrogens is 2. The number of hydrogen-bond acceptors (Lipinski definition) is 7. The second kappa shape index (κ2) is 15.9. The molecule has 4 heterocycles. The fourth-order valence-electron chi connectivity index (χ4n) is 7.04. The highest BCUT2D eigenvalue weighted by Crippen LogP contribution is 2.34. The molecule has 4 aromatic rings. The van der Waals surface area contributed by atoms with Crippen LogP contribution in [0.15, 0.2) is 60.9 Å². The minimum atomic E-state index is -0.673. The largest absolute Gasteiger partial charge is 0.453 e. The zero-order valence-corrected chi connectivity index (χ0v) is 30.2. The van der Waals surface area contributed by atoms with Crippen molar-refractivity contribution in [3.8, 4) is 33.6 Å². The van der Waals surface area contributed by atoms with Gasteiger partial charge in [0.25, 0.3) is 0 Å². The van der Waals surface area contributed by atoms with Crippen molar-refractivity contribution in [3.05, 3.63) is 72.6 Å². The Kier molecular flexibility index (Phi) is 11.2. The summed E-state index contributed by atoms with van der Waals surface area (Å²) in [6.45, 7) is 9.74. The van der Waals surface area contributed by atoms with Crippen molar-refractivity contribution in [3.63, 3.8) is 0 Å². The standard InChI is InChI=1S/C39H50N8O4/c1-6-25(4)40-23-34(48)46-19-7-9-32(46)36-41-21-30(43-36)28-15-11-26(12-16-28)27-13-17-29(18-14-27)31-22-42-37(44-31)33-10-8-20-47(33)38(49)35(24(2)3)45-39(50)51-5/h11-18,21-22,24-25,32-33,35,40H,6-10,19-20,23H2,1-5H3,(H,41,43)(H,42,44)(H,45,50)/t25?,32-,33-,35?/m0/s1. The van der Waals surface area contributed by atoms with Crippen LogP contribution >= 0.6 is 0 Å². The maximum absolute atomic E-state index is 13.5. The van der Waals surface area contributed by atoms with Gasteiger partial charge in [-0.05, 0) is 67.2 Å². The number of imidazole rings is 2. The number of nitrogens with one attached hydrogen (secondary N) is 4. The molecule has 4 atom stereocenters. The average Bonchev–Trinajstić information content (AvgIpc) is 3.99. The molecule has 12 nitrogen and oxygen atoms in total. The lowest BCUT2D eigenvalue weighted by Gasteiger charge is -2.30. The zero-order valence-electron chi connectivity index (χ0n) is 30.2. The molecule has 0 bridgehead atoms. The van der Waals surface area contributed by atoms with Gasteiger partial charge in [0.2, 0.25) is 11.8 Å². The number of carbonyl (C=O) groups excluding carboxylic acids is 3. The third kappa shape index (κ3) is 8.01. The molecule has 0 aliphatic carbocycles. The van der Waals surface area contributed by atoms with Crippen molar-refractivity contribution in [1.82, 2.24) is 40.4 Å². The number of hydrogen-bond donors (Lipinski definition) is 4. The van der Waals surface area contributed by atoms with Crippen LogP contribution in [0.25, 0.3) is 33.6 Å². The molecule has 2 aromatic carbocycles. The molecule has 12 heteroatoms. The number of benzene rings is 2. The smallest absolute Gasteiger partial charge is 0.407 e. The summed E-state index contributed by atoms with van der Waals surface area (Å²) in [5.41, 5.74) is 6.03. The summed E-state index contributed by atoms with van der Waals surface area (Å²) >= 11 is 0. The van der Waals surface area contributed by atoms with Crippen molar-refractivity contribution >= 4 is 17.9 Å². The van der Waals surface area contributed by atoms with Crippen LogP contribution in [-0.2, 0) is 14.3 Å². The van der Waals surface area contributed by atoms with E-state index in [1.807, 2.05) is 36.0 Å². The van der Waals surface area contributed by atoms with Gasteiger partial charge in [0.05, 0.1) is 49.5 Å². The molecule has 6 rings (SSSR count). The second-order valence-corrected chi connectivity index (χ2v) is 14.0. The van der Waals surface area contributed by atoms with Crippen LogP contribution in [0, 0.1) is 5.92 Å². The van der Waals surface area contributed by atoms with Gasteiger partial charge in [-0.15, -0.1) is 0 Å². The van der Waals surface area contributed by atoms with Crippen molar-refractivity contribution in [2.24, 2.45) is 5.92 Å². The zero-order chi connectivity index (χ0) is 36.1. The van der Waals surface area contributed by atoms with Gasteiger partial charge in [0.15, 0.2) is 0 Å². The first-order valence-electron chi connectivity index (χ1n) is 18.2. The van der Waals surface area contributed by atoms with E-state index in [0.717, 1.165) is 83.9 Å². The molecular weight excluding hydrogens is 644 g/mol. The summed E-state index contributed by atoms with van der Waals surface area (Å²) in [5, 5.41) is 6.02. The lowest BCUT2D eigenvalue weighted by Crippen LogP contribution is -2.51. The van der Waals surface area contributed by atoms with Crippen LogP contribution < -0.4 is 10.6 Å². The Labute approximate surface area is 299 Å². The summed E-state index contributed by atoms with van der Waals surface area (Å²) in [5.74, 6) is 1.48. The number of aromatic amines is 2. The van der Waals surface area contributed by atoms with E-state index in [1.165, 1.54) is 7.11 Å². The predicted octanol–water partition coefficient (Wildman–Crippen LogP) is 6.23. The summed E-state index contributed by atoms with van der Waals surface area (Å²) in [6, 6.07) is 16.2. The summed E-state index contributed by atoms with van der Waals surface area (Å²) in [6.07, 6.45) is 7.59. The van der Waals surface area contributed by atoms with Crippen LogP contribution in [-0.4, -0.2) is 86.5 Å². The van der Waals surface area contributed by atoms with E-state index in [2.05, 4.69) is 92.9 Å². The normalized spacial score (nSPS) is 18.6. The monoisotopic (exact) mass is 694 g/mol. The first-order chi connectivity index (χ1) is 24.7. The molecule has 2 aliphatic rings. The Morgan fingerprint density at radius 3 is 1.78 bits per heavy atom. The highest BCUT2D eigenvalue weighted by Gasteiger charge is 2.37. The highest BCUT2D eigenvalue weighted by atomic mass is 16.5. The summed E-state index contributed by atoms with van der Waals surface area (Å²) in [7, 11) is 1.30. The van der Waals surface area contributed by atoms with Gasteiger partial charge in [0.1, 0.15) is 17.7 Å². The van der Waals surface area contributed by atoms with E-state index in [-0.39, 0.29) is 29.8 Å². The molecule has 2 fully saturated rings. The van der Waals surface area contributed by atoms with Crippen LogP contribution in [0.3, 0.4) is 0 Å². The number of aromatic nitrogens is 4. The van der Waals surface area contributed by atoms with Crippen molar-refractivity contribution < 1.29 is 19.1 Å². The van der Waals surface area contributed by atoms with Gasteiger partial charge in [-0.25, -0.2) is 14.8 Å². The number of ether oxygens (including phenoxy) is 1. The fourth-order valence-corrected chi connectivity index (χ4v) is 7.04. The van der Waals surface area contributed by atoms with Gasteiger partial charge >= 0.3 is 6.09 Å². The molecule has 3 amide bonds. The number of amides is 3.